The number of carbonyl (C=O) groups excluding carboxylic acids is 2. The van der Waals surface area contributed by atoms with Gasteiger partial charge in [0.1, 0.15) is 11.8 Å². The molecule has 0 aliphatic heterocycles. The molecule has 0 radical (unpaired) electrons. The van der Waals surface area contributed by atoms with Gasteiger partial charge in [-0.2, -0.15) is 0 Å². The molecule has 43 heavy (non-hydrogen) atoms. The van der Waals surface area contributed by atoms with Crippen LogP contribution in [-0.2, 0) is 32.6 Å². The summed E-state index contributed by atoms with van der Waals surface area (Å²) >= 11 is 12.4. The van der Waals surface area contributed by atoms with Crippen molar-refractivity contribution in [1.82, 2.24) is 10.2 Å². The van der Waals surface area contributed by atoms with Crippen molar-refractivity contribution in [3.63, 3.8) is 0 Å². The summed E-state index contributed by atoms with van der Waals surface area (Å²) in [4.78, 5) is 29.2. The minimum Gasteiger partial charge on any atom is -0.495 e. The number of halogens is 2. The predicted molar refractivity (Wildman–Crippen MR) is 173 cm³/mol. The Morgan fingerprint density at radius 1 is 0.953 bits per heavy atom. The summed E-state index contributed by atoms with van der Waals surface area (Å²) in [7, 11) is -2.21. The molecule has 0 saturated heterocycles. The van der Waals surface area contributed by atoms with Crippen molar-refractivity contribution < 1.29 is 22.7 Å². The van der Waals surface area contributed by atoms with E-state index in [1.165, 1.54) is 17.5 Å². The van der Waals surface area contributed by atoms with Crippen molar-refractivity contribution in [2.45, 2.75) is 58.2 Å². The Morgan fingerprint density at radius 2 is 1.60 bits per heavy atom. The quantitative estimate of drug-likeness (QED) is 0.242. The highest BCUT2D eigenvalue weighted by Crippen LogP contribution is 2.30. The summed E-state index contributed by atoms with van der Waals surface area (Å²) in [5, 5.41) is 3.87. The van der Waals surface area contributed by atoms with E-state index in [1.807, 2.05) is 63.2 Å². The molecule has 0 fully saturated rings. The topological polar surface area (TPSA) is 96.0 Å². The van der Waals surface area contributed by atoms with E-state index in [1.54, 1.807) is 29.2 Å². The zero-order valence-electron chi connectivity index (χ0n) is 25.1. The summed E-state index contributed by atoms with van der Waals surface area (Å²) in [5.74, 6) is -0.129. The van der Waals surface area contributed by atoms with Crippen molar-refractivity contribution in [1.29, 1.82) is 0 Å². The number of rotatable bonds is 13. The summed E-state index contributed by atoms with van der Waals surface area (Å²) in [5.41, 5.74) is 1.57. The van der Waals surface area contributed by atoms with E-state index in [0.29, 0.717) is 22.9 Å². The third-order valence-electron chi connectivity index (χ3n) is 6.61. The molecule has 0 spiro atoms. The molecule has 1 unspecified atom stereocenters. The van der Waals surface area contributed by atoms with Crippen LogP contribution in [0.25, 0.3) is 0 Å². The fourth-order valence-electron chi connectivity index (χ4n) is 4.61. The SMILES string of the molecule is COc1ccc(N(CCCC(=O)N(Cc2ccc(Cl)cc2)C(Cc2ccccc2)C(=O)NC(C)(C)C)S(C)(=O)=O)cc1Cl. The molecule has 11 heteroatoms. The molecule has 3 aromatic carbocycles. The minimum absolute atomic E-state index is 0.0115. The largest absolute Gasteiger partial charge is 0.495 e. The van der Waals surface area contributed by atoms with Crippen LogP contribution in [0.15, 0.2) is 72.8 Å². The van der Waals surface area contributed by atoms with Gasteiger partial charge in [-0.3, -0.25) is 13.9 Å². The number of nitrogens with one attached hydrogen (secondary N) is 1. The molecule has 2 amide bonds. The lowest BCUT2D eigenvalue weighted by atomic mass is 10.00. The maximum atomic E-state index is 13.9. The maximum Gasteiger partial charge on any atom is 0.243 e. The summed E-state index contributed by atoms with van der Waals surface area (Å²) in [6.45, 7) is 5.89. The third-order valence-corrected chi connectivity index (χ3v) is 8.35. The monoisotopic (exact) mass is 647 g/mol. The van der Waals surface area contributed by atoms with Gasteiger partial charge in [0, 0.05) is 36.5 Å². The predicted octanol–water partition coefficient (Wildman–Crippen LogP) is 6.10. The summed E-state index contributed by atoms with van der Waals surface area (Å²) in [6, 6.07) is 20.6. The van der Waals surface area contributed by atoms with Crippen LogP contribution in [0.3, 0.4) is 0 Å². The number of hydrogen-bond donors (Lipinski definition) is 1. The Kier molecular flexibility index (Phi) is 11.9. The number of hydrogen-bond acceptors (Lipinski definition) is 5. The molecule has 8 nitrogen and oxygen atoms in total. The number of carbonyl (C=O) groups is 2. The van der Waals surface area contributed by atoms with Crippen LogP contribution in [-0.4, -0.2) is 56.6 Å². The van der Waals surface area contributed by atoms with E-state index in [2.05, 4.69) is 5.32 Å². The minimum atomic E-state index is -3.68. The first-order valence-corrected chi connectivity index (χ1v) is 16.5. The van der Waals surface area contributed by atoms with Gasteiger partial charge in [0.2, 0.25) is 21.8 Å². The van der Waals surface area contributed by atoms with E-state index in [4.69, 9.17) is 27.9 Å². The molecule has 232 valence electrons. The second-order valence-corrected chi connectivity index (χ2v) is 14.1. The third kappa shape index (κ3) is 10.4. The van der Waals surface area contributed by atoms with Gasteiger partial charge in [-0.15, -0.1) is 0 Å². The van der Waals surface area contributed by atoms with Crippen molar-refractivity contribution in [3.05, 3.63) is 94.0 Å². The Labute approximate surface area is 265 Å². The Balaban J connectivity index is 1.90. The number of methoxy groups -OCH3 is 1. The van der Waals surface area contributed by atoms with Crippen LogP contribution in [0, 0.1) is 0 Å². The molecule has 1 atom stereocenters. The lowest BCUT2D eigenvalue weighted by molar-refractivity contribution is -0.142. The zero-order valence-corrected chi connectivity index (χ0v) is 27.5. The van der Waals surface area contributed by atoms with Crippen molar-refractivity contribution in [2.75, 3.05) is 24.2 Å². The number of anilines is 1. The first-order valence-electron chi connectivity index (χ1n) is 13.9. The normalized spacial score (nSPS) is 12.3. The highest BCUT2D eigenvalue weighted by atomic mass is 35.5. The number of nitrogens with zero attached hydrogens (tertiary/aromatic N) is 2. The average molecular weight is 649 g/mol. The van der Waals surface area contributed by atoms with Gasteiger partial charge in [-0.05, 0) is 68.7 Å². The van der Waals surface area contributed by atoms with Crippen LogP contribution in [0.1, 0.15) is 44.7 Å². The van der Waals surface area contributed by atoms with Crippen LogP contribution in [0.5, 0.6) is 5.75 Å². The van der Waals surface area contributed by atoms with E-state index in [9.17, 15) is 18.0 Å². The molecule has 0 bridgehead atoms. The molecule has 0 saturated carbocycles. The molecule has 0 aliphatic carbocycles. The summed E-state index contributed by atoms with van der Waals surface area (Å²) in [6.07, 6.45) is 1.64. The van der Waals surface area contributed by atoms with Crippen molar-refractivity contribution >= 4 is 50.7 Å². The number of benzene rings is 3. The van der Waals surface area contributed by atoms with Crippen LogP contribution < -0.4 is 14.4 Å². The number of ether oxygens (including phenoxy) is 1. The van der Waals surface area contributed by atoms with Crippen molar-refractivity contribution in [2.24, 2.45) is 0 Å². The molecule has 3 aromatic rings. The highest BCUT2D eigenvalue weighted by Gasteiger charge is 2.32. The van der Waals surface area contributed by atoms with Crippen molar-refractivity contribution in [3.8, 4) is 5.75 Å². The van der Waals surface area contributed by atoms with Gasteiger partial charge < -0.3 is 15.0 Å². The van der Waals surface area contributed by atoms with Gasteiger partial charge in [-0.25, -0.2) is 8.42 Å². The van der Waals surface area contributed by atoms with Gasteiger partial charge in [0.05, 0.1) is 24.1 Å². The molecular weight excluding hydrogens is 609 g/mol. The first kappa shape index (κ1) is 34.2. The molecule has 3 rings (SSSR count). The maximum absolute atomic E-state index is 13.9. The second kappa shape index (κ2) is 14.9. The molecule has 0 aliphatic rings. The zero-order chi connectivity index (χ0) is 31.8. The van der Waals surface area contributed by atoms with Crippen LogP contribution in [0.2, 0.25) is 10.0 Å². The smallest absolute Gasteiger partial charge is 0.243 e. The first-order chi connectivity index (χ1) is 20.2. The Hall–Kier alpha value is -3.27. The second-order valence-electron chi connectivity index (χ2n) is 11.4. The Bertz CT molecular complexity index is 1490. The molecular formula is C32H39Cl2N3O5S. The lowest BCUT2D eigenvalue weighted by Gasteiger charge is -2.34. The molecule has 0 heterocycles. The lowest BCUT2D eigenvalue weighted by Crippen LogP contribution is -2.54. The van der Waals surface area contributed by atoms with Gasteiger partial charge in [-0.1, -0.05) is 65.7 Å². The Morgan fingerprint density at radius 3 is 2.16 bits per heavy atom. The fourth-order valence-corrected chi connectivity index (χ4v) is 5.94. The van der Waals surface area contributed by atoms with Gasteiger partial charge in [0.25, 0.3) is 0 Å². The fraction of sp³-hybridized carbons (Fsp3) is 0.375. The molecule has 1 N–H and O–H groups in total. The summed E-state index contributed by atoms with van der Waals surface area (Å²) < 4.78 is 31.8. The van der Waals surface area contributed by atoms with E-state index in [-0.39, 0.29) is 42.8 Å². The highest BCUT2D eigenvalue weighted by molar-refractivity contribution is 7.92. The average Bonchev–Trinajstić information content (AvgIpc) is 2.92. The number of sulfonamides is 1. The van der Waals surface area contributed by atoms with E-state index >= 15 is 0 Å². The standard InChI is InChI=1S/C32H39Cl2N3O5S/c1-32(2,3)35-31(39)28(20-23-10-7-6-8-11-23)36(22-24-13-15-25(33)16-14-24)30(38)12-9-19-37(43(5,40)41)26-17-18-29(42-4)27(34)21-26/h6-8,10-11,13-18,21,28H,9,12,19-20,22H2,1-5H3,(H,35,39). The van der Waals surface area contributed by atoms with Crippen LogP contribution >= 0.6 is 23.2 Å². The number of amides is 2. The van der Waals surface area contributed by atoms with E-state index < -0.39 is 21.6 Å². The van der Waals surface area contributed by atoms with Crippen LogP contribution in [0.4, 0.5) is 5.69 Å². The van der Waals surface area contributed by atoms with Gasteiger partial charge >= 0.3 is 0 Å². The molecule has 0 aromatic heterocycles. The van der Waals surface area contributed by atoms with Gasteiger partial charge in [0.15, 0.2) is 0 Å². The van der Waals surface area contributed by atoms with E-state index in [0.717, 1.165) is 17.4 Å².